The van der Waals surface area contributed by atoms with Crippen molar-refractivity contribution in [3.63, 3.8) is 0 Å². The van der Waals surface area contributed by atoms with Crippen molar-refractivity contribution in [2.75, 3.05) is 4.90 Å². The number of fused-ring (bicyclic) bond motifs is 14. The molecular weight excluding hydrogens is 791 g/mol. The van der Waals surface area contributed by atoms with Gasteiger partial charge in [-0.25, -0.2) is 0 Å². The third-order valence-electron chi connectivity index (χ3n) is 14.7. The summed E-state index contributed by atoms with van der Waals surface area (Å²) in [6.45, 7) is 0. The van der Waals surface area contributed by atoms with Crippen LogP contribution in [0.3, 0.4) is 0 Å². The highest BCUT2D eigenvalue weighted by Gasteiger charge is 2.52. The highest BCUT2D eigenvalue weighted by atomic mass is 16.5. The standard InChI is InChI=1S/C62H41NO2/c1-2-17-40(18-3-1)61(51-26-9-4-21-45(51)46-22-5-10-27-52(46)61)41-19-16-20-42(37-41)63(44-33-35-50-49-25-8-14-31-57(49)64-60(50)39-44)43-34-36-59-56(38-43)62(55-30-13-15-32-58(55)65-59)53-28-11-6-23-47(53)48-24-7-12-29-54(48)62/h1-6,8-23,25-39H,7,24H2. The van der Waals surface area contributed by atoms with Gasteiger partial charge in [-0.2, -0.15) is 0 Å². The summed E-state index contributed by atoms with van der Waals surface area (Å²) in [4.78, 5) is 2.42. The molecule has 0 saturated heterocycles. The number of hydrogen-bond donors (Lipinski definition) is 0. The number of anilines is 3. The number of para-hydroxylation sites is 2. The van der Waals surface area contributed by atoms with Gasteiger partial charge in [0.05, 0.1) is 10.8 Å². The fourth-order valence-corrected chi connectivity index (χ4v) is 12.2. The minimum atomic E-state index is -0.562. The molecular formula is C62H41NO2. The molecule has 10 aromatic rings. The molecule has 1 unspecified atom stereocenters. The van der Waals surface area contributed by atoms with Crippen molar-refractivity contribution in [2.24, 2.45) is 0 Å². The third-order valence-corrected chi connectivity index (χ3v) is 14.7. The van der Waals surface area contributed by atoms with Crippen LogP contribution in [0.25, 0.3) is 38.6 Å². The molecule has 9 aromatic carbocycles. The number of nitrogens with zero attached hydrogens (tertiary/aromatic N) is 1. The Morgan fingerprint density at radius 3 is 1.82 bits per heavy atom. The lowest BCUT2D eigenvalue weighted by Gasteiger charge is -2.41. The maximum atomic E-state index is 6.93. The van der Waals surface area contributed by atoms with Crippen LogP contribution in [0, 0.1) is 0 Å². The van der Waals surface area contributed by atoms with Crippen LogP contribution in [0.1, 0.15) is 57.3 Å². The minimum Gasteiger partial charge on any atom is -0.457 e. The smallest absolute Gasteiger partial charge is 0.137 e. The van der Waals surface area contributed by atoms with Gasteiger partial charge in [-0.3, -0.25) is 0 Å². The monoisotopic (exact) mass is 831 g/mol. The van der Waals surface area contributed by atoms with Crippen molar-refractivity contribution in [3.8, 4) is 22.6 Å². The summed E-state index contributed by atoms with van der Waals surface area (Å²) < 4.78 is 13.5. The molecule has 1 atom stereocenters. The van der Waals surface area contributed by atoms with E-state index in [1.165, 1.54) is 61.2 Å². The van der Waals surface area contributed by atoms with Gasteiger partial charge in [0, 0.05) is 45.0 Å². The van der Waals surface area contributed by atoms with E-state index in [4.69, 9.17) is 9.15 Å². The zero-order valence-electron chi connectivity index (χ0n) is 35.5. The predicted molar refractivity (Wildman–Crippen MR) is 264 cm³/mol. The second-order valence-electron chi connectivity index (χ2n) is 17.8. The van der Waals surface area contributed by atoms with Gasteiger partial charge in [0.25, 0.3) is 0 Å². The van der Waals surface area contributed by atoms with Crippen LogP contribution >= 0.6 is 0 Å². The Morgan fingerprint density at radius 1 is 0.400 bits per heavy atom. The molecule has 2 heterocycles. The fraction of sp³-hybridized carbons (Fsp3) is 0.0645. The second-order valence-corrected chi connectivity index (χ2v) is 17.8. The average Bonchev–Trinajstić information content (AvgIpc) is 4.00. The summed E-state index contributed by atoms with van der Waals surface area (Å²) in [7, 11) is 0. The lowest BCUT2D eigenvalue weighted by molar-refractivity contribution is 0.435. The summed E-state index contributed by atoms with van der Waals surface area (Å²) in [5, 5.41) is 2.21. The average molecular weight is 832 g/mol. The second kappa shape index (κ2) is 13.7. The van der Waals surface area contributed by atoms with Gasteiger partial charge in [0.2, 0.25) is 0 Å². The van der Waals surface area contributed by atoms with Crippen LogP contribution in [0.15, 0.2) is 234 Å². The minimum absolute atomic E-state index is 0.556. The number of ether oxygens (including phenoxy) is 1. The van der Waals surface area contributed by atoms with Gasteiger partial charge in [-0.15, -0.1) is 0 Å². The molecule has 3 heteroatoms. The topological polar surface area (TPSA) is 25.6 Å². The molecule has 1 spiro atoms. The molecule has 0 bridgehead atoms. The maximum absolute atomic E-state index is 6.93. The molecule has 1 aliphatic heterocycles. The molecule has 1 aromatic heterocycles. The first-order valence-corrected chi connectivity index (χ1v) is 22.7. The summed E-state index contributed by atoms with van der Waals surface area (Å²) in [5.74, 6) is 1.78. The fourth-order valence-electron chi connectivity index (χ4n) is 12.2. The zero-order chi connectivity index (χ0) is 42.7. The molecule has 0 saturated carbocycles. The highest BCUT2D eigenvalue weighted by Crippen LogP contribution is 2.63. The van der Waals surface area contributed by atoms with Crippen LogP contribution in [0.5, 0.6) is 11.5 Å². The maximum Gasteiger partial charge on any atom is 0.137 e. The Hall–Kier alpha value is -8.14. The van der Waals surface area contributed by atoms with E-state index < -0.39 is 10.8 Å². The first kappa shape index (κ1) is 36.4. The Balaban J connectivity index is 1.04. The summed E-state index contributed by atoms with van der Waals surface area (Å²) in [6.07, 6.45) is 6.79. The number of hydrogen-bond acceptors (Lipinski definition) is 3. The lowest BCUT2D eigenvalue weighted by atomic mass is 9.64. The van der Waals surface area contributed by atoms with E-state index >= 15 is 0 Å². The van der Waals surface area contributed by atoms with Gasteiger partial charge >= 0.3 is 0 Å². The van der Waals surface area contributed by atoms with Crippen molar-refractivity contribution in [1.82, 2.24) is 0 Å². The van der Waals surface area contributed by atoms with Gasteiger partial charge in [-0.1, -0.05) is 164 Å². The summed E-state index contributed by atoms with van der Waals surface area (Å²) in [5.41, 5.74) is 19.0. The molecule has 0 N–H and O–H groups in total. The van der Waals surface area contributed by atoms with Crippen molar-refractivity contribution in [3.05, 3.63) is 275 Å². The SMILES string of the molecule is C1=CC2=C(CC1)c1ccccc1C21c2ccccc2Oc2ccc(N(c3cccc(C4(c5ccccc5)c5ccccc5-c5ccccc54)c3)c3ccc4c(c3)oc3ccccc34)cc21. The quantitative estimate of drug-likeness (QED) is 0.173. The number of furan rings is 1. The third kappa shape index (κ3) is 4.90. The van der Waals surface area contributed by atoms with E-state index in [-0.39, 0.29) is 0 Å². The van der Waals surface area contributed by atoms with Crippen LogP contribution < -0.4 is 9.64 Å². The van der Waals surface area contributed by atoms with E-state index in [0.29, 0.717) is 0 Å². The summed E-state index contributed by atoms with van der Waals surface area (Å²) in [6, 6.07) is 77.8. The van der Waals surface area contributed by atoms with Crippen molar-refractivity contribution < 1.29 is 9.15 Å². The molecule has 306 valence electrons. The molecule has 0 fully saturated rings. The van der Waals surface area contributed by atoms with Gasteiger partial charge < -0.3 is 14.1 Å². The van der Waals surface area contributed by atoms with E-state index in [0.717, 1.165) is 68.9 Å². The molecule has 4 aliphatic rings. The largest absolute Gasteiger partial charge is 0.457 e. The zero-order valence-corrected chi connectivity index (χ0v) is 35.5. The van der Waals surface area contributed by atoms with E-state index in [1.54, 1.807) is 0 Å². The first-order valence-electron chi connectivity index (χ1n) is 22.7. The van der Waals surface area contributed by atoms with Gasteiger partial charge in [-0.05, 0) is 123 Å². The Kier molecular flexibility index (Phi) is 7.65. The molecule has 65 heavy (non-hydrogen) atoms. The summed E-state index contributed by atoms with van der Waals surface area (Å²) >= 11 is 0. The Morgan fingerprint density at radius 2 is 1.00 bits per heavy atom. The highest BCUT2D eigenvalue weighted by molar-refractivity contribution is 6.06. The molecule has 3 nitrogen and oxygen atoms in total. The molecule has 3 aliphatic carbocycles. The van der Waals surface area contributed by atoms with Crippen LogP contribution in [-0.2, 0) is 10.8 Å². The van der Waals surface area contributed by atoms with E-state index in [1.807, 2.05) is 6.07 Å². The number of benzene rings is 9. The molecule has 0 amide bonds. The van der Waals surface area contributed by atoms with Crippen LogP contribution in [0.2, 0.25) is 0 Å². The van der Waals surface area contributed by atoms with Crippen molar-refractivity contribution >= 4 is 44.6 Å². The number of rotatable bonds is 5. The van der Waals surface area contributed by atoms with Crippen LogP contribution in [0.4, 0.5) is 17.1 Å². The lowest BCUT2D eigenvalue weighted by Crippen LogP contribution is -2.33. The van der Waals surface area contributed by atoms with E-state index in [9.17, 15) is 0 Å². The van der Waals surface area contributed by atoms with E-state index in [2.05, 4.69) is 223 Å². The Bertz CT molecular complexity index is 3620. The molecule has 0 radical (unpaired) electrons. The Labute approximate surface area is 377 Å². The van der Waals surface area contributed by atoms with Crippen molar-refractivity contribution in [1.29, 1.82) is 0 Å². The van der Waals surface area contributed by atoms with Gasteiger partial charge in [0.15, 0.2) is 0 Å². The predicted octanol–water partition coefficient (Wildman–Crippen LogP) is 16.0. The first-order chi connectivity index (χ1) is 32.2. The van der Waals surface area contributed by atoms with Crippen LogP contribution in [-0.4, -0.2) is 0 Å². The van der Waals surface area contributed by atoms with Gasteiger partial charge in [0.1, 0.15) is 22.7 Å². The normalized spacial score (nSPS) is 17.0. The van der Waals surface area contributed by atoms with Crippen molar-refractivity contribution in [2.45, 2.75) is 23.7 Å². The molecule has 14 rings (SSSR count). The number of allylic oxidation sites excluding steroid dienone is 4.